The van der Waals surface area contributed by atoms with Crippen LogP contribution in [0.2, 0.25) is 0 Å². The van der Waals surface area contributed by atoms with Gasteiger partial charge in [-0.15, -0.1) is 0 Å². The third-order valence-corrected chi connectivity index (χ3v) is 17.2. The number of H-pyrrole nitrogens is 1. The minimum atomic E-state index is -0.594. The second kappa shape index (κ2) is 22.7. The molecule has 2 amide bonds. The third kappa shape index (κ3) is 12.8. The fourth-order valence-corrected chi connectivity index (χ4v) is 12.9. The molecule has 0 bridgehead atoms. The Labute approximate surface area is 470 Å². The Morgan fingerprint density at radius 1 is 0.532 bits per heavy atom. The highest BCUT2D eigenvalue weighted by Gasteiger charge is 2.51. The van der Waals surface area contributed by atoms with Crippen LogP contribution in [0.25, 0.3) is 22.8 Å². The zero-order chi connectivity index (χ0) is 57.5. The minimum Gasteiger partial charge on any atom is -0.458 e. The molecule has 2 fully saturated rings. The fraction of sp³-hybridized carbons (Fsp3) is 0.464. The van der Waals surface area contributed by atoms with E-state index < -0.39 is 36.0 Å². The molecule has 10 heteroatoms. The fourth-order valence-electron chi connectivity index (χ4n) is 12.9. The molecule has 0 saturated heterocycles. The molecule has 0 radical (unpaired) electrons. The lowest BCUT2D eigenvalue weighted by Crippen LogP contribution is -2.50. The highest BCUT2D eigenvalue weighted by molar-refractivity contribution is 6.32. The monoisotopic (exact) mass is 1070 g/mol. The van der Waals surface area contributed by atoms with Crippen LogP contribution in [-0.4, -0.2) is 46.8 Å². The summed E-state index contributed by atoms with van der Waals surface area (Å²) >= 11 is 0. The van der Waals surface area contributed by atoms with E-state index in [-0.39, 0.29) is 68.1 Å². The molecule has 5 aromatic rings. The van der Waals surface area contributed by atoms with Gasteiger partial charge >= 0.3 is 11.9 Å². The van der Waals surface area contributed by atoms with Crippen LogP contribution in [0.1, 0.15) is 176 Å². The summed E-state index contributed by atoms with van der Waals surface area (Å²) in [6.45, 7) is 35.0. The summed E-state index contributed by atoms with van der Waals surface area (Å²) in [5, 5.41) is 6.23. The highest BCUT2D eigenvalue weighted by atomic mass is 16.5. The van der Waals surface area contributed by atoms with Gasteiger partial charge in [0.2, 0.25) is 0 Å². The lowest BCUT2D eigenvalue weighted by Gasteiger charge is -2.50. The molecule has 4 unspecified atom stereocenters. The van der Waals surface area contributed by atoms with E-state index in [0.717, 1.165) is 36.8 Å². The molecule has 0 spiro atoms. The van der Waals surface area contributed by atoms with Gasteiger partial charge in [0.25, 0.3) is 11.8 Å². The van der Waals surface area contributed by atoms with Gasteiger partial charge in [0, 0.05) is 45.9 Å². The maximum atomic E-state index is 15.8. The maximum Gasteiger partial charge on any atom is 0.342 e. The molecule has 4 atom stereocenters. The van der Waals surface area contributed by atoms with Crippen LogP contribution in [0.5, 0.6) is 0 Å². The van der Waals surface area contributed by atoms with Crippen molar-refractivity contribution in [2.24, 2.45) is 62.2 Å². The number of aliphatic imine (C=N–C) groups is 1. The average molecular weight is 1070 g/mol. The molecule has 418 valence electrons. The Hall–Kier alpha value is -6.81. The second-order valence-corrected chi connectivity index (χ2v) is 27.5. The standard InChI is InChI=1S/C69H86N4O6/c1-40-35-48(66(5,6)7)58(49(36-40)67(8,9)10)78-64(76)56-54(44-29-19-17-20-30-44)52(70-60(56)72-62(74)46-33-25-23-27-42(46)3)39-53-55(45-31-21-18-22-32-45)57(61(71-53)73-63(75)47-34-26-24-28-43(47)4)65(77)79-59-50(68(11,12)13)37-41(2)38-51(59)69(14,15)16/h17-34,39-41,48-51,58-59,70H,35-38H2,1-16H3,(H,72,74)(H,71,73,75). The van der Waals surface area contributed by atoms with Crippen LogP contribution >= 0.6 is 0 Å². The third-order valence-electron chi connectivity index (χ3n) is 17.2. The zero-order valence-corrected chi connectivity index (χ0v) is 49.8. The first-order valence-electron chi connectivity index (χ1n) is 28.6. The van der Waals surface area contributed by atoms with Crippen molar-refractivity contribution in [2.75, 3.05) is 5.32 Å². The van der Waals surface area contributed by atoms with Crippen molar-refractivity contribution in [2.45, 2.75) is 149 Å². The molecular weight excluding hydrogens is 981 g/mol. The number of hydrogen-bond donors (Lipinski definition) is 3. The zero-order valence-electron chi connectivity index (χ0n) is 49.8. The van der Waals surface area contributed by atoms with Gasteiger partial charge in [-0.1, -0.05) is 194 Å². The number of anilines is 1. The van der Waals surface area contributed by atoms with Crippen LogP contribution in [0.3, 0.4) is 0 Å². The first-order valence-corrected chi connectivity index (χ1v) is 28.6. The second-order valence-electron chi connectivity index (χ2n) is 27.5. The normalized spacial score (nSPS) is 23.5. The van der Waals surface area contributed by atoms with E-state index in [2.05, 4.69) is 113 Å². The summed E-state index contributed by atoms with van der Waals surface area (Å²) in [4.78, 5) is 69.5. The summed E-state index contributed by atoms with van der Waals surface area (Å²) in [5.41, 5.74) is 4.91. The summed E-state index contributed by atoms with van der Waals surface area (Å²) in [6, 6.07) is 33.8. The van der Waals surface area contributed by atoms with E-state index in [1.54, 1.807) is 12.1 Å². The number of benzene rings is 4. The summed E-state index contributed by atoms with van der Waals surface area (Å²) in [7, 11) is 0. The van der Waals surface area contributed by atoms with E-state index in [1.807, 2.05) is 117 Å². The molecule has 3 N–H and O–H groups in total. The van der Waals surface area contributed by atoms with Gasteiger partial charge in [0.05, 0.1) is 11.4 Å². The molecule has 1 aromatic heterocycles. The Balaban J connectivity index is 1.39. The topological polar surface area (TPSA) is 139 Å². The Morgan fingerprint density at radius 3 is 1.35 bits per heavy atom. The summed E-state index contributed by atoms with van der Waals surface area (Å²) in [6.07, 6.45) is 4.51. The average Bonchev–Trinajstić information content (AvgIpc) is 4.07. The molecule has 2 saturated carbocycles. The Kier molecular flexibility index (Phi) is 16.8. The van der Waals surface area contributed by atoms with Crippen molar-refractivity contribution >= 4 is 47.1 Å². The number of aryl methyl sites for hydroxylation is 2. The molecular formula is C69H86N4O6. The van der Waals surface area contributed by atoms with Crippen molar-refractivity contribution in [3.8, 4) is 11.1 Å². The minimum absolute atomic E-state index is 0.0387. The van der Waals surface area contributed by atoms with Crippen molar-refractivity contribution in [3.05, 3.63) is 160 Å². The number of hydrogen-bond acceptors (Lipinski definition) is 7. The van der Waals surface area contributed by atoms with E-state index >= 15 is 9.59 Å². The van der Waals surface area contributed by atoms with Crippen molar-refractivity contribution < 1.29 is 28.7 Å². The predicted octanol–water partition coefficient (Wildman–Crippen LogP) is 16.1. The van der Waals surface area contributed by atoms with E-state index in [4.69, 9.17) is 14.5 Å². The molecule has 2 aliphatic carbocycles. The maximum absolute atomic E-state index is 15.8. The van der Waals surface area contributed by atoms with Crippen LogP contribution in [0, 0.1) is 71.0 Å². The number of esters is 2. The number of nitrogens with zero attached hydrogens (tertiary/aromatic N) is 1. The number of allylic oxidation sites excluding steroid dienone is 1. The molecule has 4 aromatic carbocycles. The SMILES string of the molecule is Cc1ccccc1C(=O)NC1=NC(=Cc2[nH]c(NC(=O)c3ccccc3C)c(C(=O)OC3C(C(C)(C)C)CC(C)CC3C(C)(C)C)c2-c2ccccc2)C(c2ccccc2)=C1C(=O)OC1C(C(C)(C)C)CC(C)CC1C(C)(C)C. The quantitative estimate of drug-likeness (QED) is 0.119. The van der Waals surface area contributed by atoms with Gasteiger partial charge in [-0.05, 0) is 113 Å². The van der Waals surface area contributed by atoms with Crippen LogP contribution < -0.4 is 10.6 Å². The van der Waals surface area contributed by atoms with E-state index in [0.29, 0.717) is 56.6 Å². The lowest BCUT2D eigenvalue weighted by molar-refractivity contribution is -0.164. The number of carbonyl (C=O) groups is 4. The lowest BCUT2D eigenvalue weighted by atomic mass is 9.59. The van der Waals surface area contributed by atoms with Gasteiger partial charge in [-0.3, -0.25) is 9.59 Å². The summed E-state index contributed by atoms with van der Waals surface area (Å²) < 4.78 is 14.0. The van der Waals surface area contributed by atoms with Gasteiger partial charge in [0.15, 0.2) is 0 Å². The molecule has 10 nitrogen and oxygen atoms in total. The molecule has 79 heavy (non-hydrogen) atoms. The van der Waals surface area contributed by atoms with Crippen molar-refractivity contribution in [3.63, 3.8) is 0 Å². The van der Waals surface area contributed by atoms with Gasteiger partial charge in [-0.2, -0.15) is 0 Å². The molecule has 3 aliphatic rings. The number of rotatable bonds is 10. The van der Waals surface area contributed by atoms with E-state index in [1.165, 1.54) is 0 Å². The van der Waals surface area contributed by atoms with Crippen LogP contribution in [0.4, 0.5) is 5.82 Å². The molecule has 8 rings (SSSR count). The number of aromatic nitrogens is 1. The number of aromatic amines is 1. The van der Waals surface area contributed by atoms with Gasteiger partial charge < -0.3 is 25.1 Å². The number of amides is 2. The number of amidine groups is 1. The highest BCUT2D eigenvalue weighted by Crippen LogP contribution is 2.52. The molecule has 2 heterocycles. The predicted molar refractivity (Wildman–Crippen MR) is 320 cm³/mol. The first-order chi connectivity index (χ1) is 37.0. The smallest absolute Gasteiger partial charge is 0.342 e. The van der Waals surface area contributed by atoms with Gasteiger partial charge in [-0.25, -0.2) is 14.6 Å². The first kappa shape index (κ1) is 58.3. The number of ether oxygens (including phenoxy) is 2. The summed E-state index contributed by atoms with van der Waals surface area (Å²) in [5.74, 6) is -0.797. The van der Waals surface area contributed by atoms with Crippen LogP contribution in [0.15, 0.2) is 125 Å². The number of nitrogens with one attached hydrogen (secondary N) is 3. The van der Waals surface area contributed by atoms with E-state index in [9.17, 15) is 9.59 Å². The molecule has 1 aliphatic heterocycles. The number of carbonyl (C=O) groups excluding carboxylic acids is 4. The van der Waals surface area contributed by atoms with Gasteiger partial charge in [0.1, 0.15) is 35.0 Å². The van der Waals surface area contributed by atoms with Crippen molar-refractivity contribution in [1.82, 2.24) is 10.3 Å². The Morgan fingerprint density at radius 2 is 0.924 bits per heavy atom. The Bertz CT molecular complexity index is 3120. The van der Waals surface area contributed by atoms with Crippen LogP contribution in [-0.2, 0) is 14.3 Å². The van der Waals surface area contributed by atoms with Crippen molar-refractivity contribution in [1.29, 1.82) is 0 Å². The largest absolute Gasteiger partial charge is 0.458 e.